The van der Waals surface area contributed by atoms with Gasteiger partial charge in [-0.15, -0.1) is 0 Å². The molecular formula is C13H18N4O2. The van der Waals surface area contributed by atoms with Gasteiger partial charge >= 0.3 is 0 Å². The summed E-state index contributed by atoms with van der Waals surface area (Å²) in [7, 11) is 0. The summed E-state index contributed by atoms with van der Waals surface area (Å²) in [5.41, 5.74) is 5.93. The van der Waals surface area contributed by atoms with Crippen LogP contribution in [-0.2, 0) is 4.79 Å². The standard InChI is InChI=1S/C13H18N4O2/c14-8-10-4-3-7-17(10)12(18)9-16-13(19)11-5-1-2-6-15-11/h1-2,5-6,10H,3-4,7-9,14H2,(H,16,19). The first kappa shape index (κ1) is 13.5. The van der Waals surface area contributed by atoms with Gasteiger partial charge in [0.25, 0.3) is 5.91 Å². The molecule has 1 fully saturated rings. The lowest BCUT2D eigenvalue weighted by atomic mass is 10.2. The van der Waals surface area contributed by atoms with Crippen LogP contribution in [-0.4, -0.2) is 47.4 Å². The summed E-state index contributed by atoms with van der Waals surface area (Å²) in [5, 5.41) is 2.59. The van der Waals surface area contributed by atoms with E-state index in [1.807, 2.05) is 0 Å². The van der Waals surface area contributed by atoms with E-state index in [2.05, 4.69) is 10.3 Å². The van der Waals surface area contributed by atoms with E-state index in [1.54, 1.807) is 29.3 Å². The minimum absolute atomic E-state index is 0.00803. The van der Waals surface area contributed by atoms with E-state index in [4.69, 9.17) is 5.73 Å². The van der Waals surface area contributed by atoms with Crippen LogP contribution in [0, 0.1) is 0 Å². The van der Waals surface area contributed by atoms with Gasteiger partial charge in [0.05, 0.1) is 6.54 Å². The highest BCUT2D eigenvalue weighted by Gasteiger charge is 2.27. The van der Waals surface area contributed by atoms with E-state index in [0.717, 1.165) is 19.4 Å². The summed E-state index contributed by atoms with van der Waals surface area (Å²) in [5.74, 6) is -0.422. The Hall–Kier alpha value is -1.95. The second kappa shape index (κ2) is 6.29. The Morgan fingerprint density at radius 1 is 1.47 bits per heavy atom. The Bertz CT molecular complexity index is 449. The molecule has 0 saturated carbocycles. The normalized spacial score (nSPS) is 18.4. The molecule has 2 heterocycles. The number of nitrogens with one attached hydrogen (secondary N) is 1. The van der Waals surface area contributed by atoms with Crippen LogP contribution >= 0.6 is 0 Å². The highest BCUT2D eigenvalue weighted by atomic mass is 16.2. The Morgan fingerprint density at radius 2 is 2.32 bits per heavy atom. The van der Waals surface area contributed by atoms with Gasteiger partial charge in [-0.05, 0) is 25.0 Å². The molecule has 0 spiro atoms. The van der Waals surface area contributed by atoms with Crippen molar-refractivity contribution >= 4 is 11.8 Å². The summed E-state index contributed by atoms with van der Waals surface area (Å²) in [4.78, 5) is 29.4. The summed E-state index contributed by atoms with van der Waals surface area (Å²) in [6, 6.07) is 5.18. The van der Waals surface area contributed by atoms with Crippen molar-refractivity contribution in [1.29, 1.82) is 0 Å². The van der Waals surface area contributed by atoms with Crippen molar-refractivity contribution in [2.75, 3.05) is 19.6 Å². The van der Waals surface area contributed by atoms with Gasteiger partial charge in [-0.1, -0.05) is 6.07 Å². The second-order valence-electron chi connectivity index (χ2n) is 4.52. The van der Waals surface area contributed by atoms with Crippen LogP contribution in [0.4, 0.5) is 0 Å². The number of nitrogens with zero attached hydrogens (tertiary/aromatic N) is 2. The number of aromatic nitrogens is 1. The SMILES string of the molecule is NCC1CCCN1C(=O)CNC(=O)c1ccccn1. The monoisotopic (exact) mass is 262 g/mol. The lowest BCUT2D eigenvalue weighted by molar-refractivity contribution is -0.130. The average molecular weight is 262 g/mol. The van der Waals surface area contributed by atoms with E-state index in [9.17, 15) is 9.59 Å². The maximum Gasteiger partial charge on any atom is 0.270 e. The number of rotatable bonds is 4. The molecule has 1 unspecified atom stereocenters. The maximum absolute atomic E-state index is 12.0. The van der Waals surface area contributed by atoms with Gasteiger partial charge in [-0.2, -0.15) is 0 Å². The molecule has 1 aromatic heterocycles. The molecule has 6 nitrogen and oxygen atoms in total. The van der Waals surface area contributed by atoms with Gasteiger partial charge in [-0.25, -0.2) is 0 Å². The van der Waals surface area contributed by atoms with Crippen molar-refractivity contribution in [3.05, 3.63) is 30.1 Å². The minimum Gasteiger partial charge on any atom is -0.342 e. The molecular weight excluding hydrogens is 244 g/mol. The van der Waals surface area contributed by atoms with E-state index >= 15 is 0 Å². The number of likely N-dealkylation sites (tertiary alicyclic amines) is 1. The molecule has 1 aliphatic heterocycles. The fraction of sp³-hybridized carbons (Fsp3) is 0.462. The fourth-order valence-corrected chi connectivity index (χ4v) is 2.25. The molecule has 1 aliphatic rings. The first-order valence-electron chi connectivity index (χ1n) is 6.41. The first-order chi connectivity index (χ1) is 9.22. The van der Waals surface area contributed by atoms with Crippen molar-refractivity contribution in [1.82, 2.24) is 15.2 Å². The minimum atomic E-state index is -0.336. The van der Waals surface area contributed by atoms with Crippen molar-refractivity contribution in [3.8, 4) is 0 Å². The Balaban J connectivity index is 1.85. The largest absolute Gasteiger partial charge is 0.342 e. The van der Waals surface area contributed by atoms with Gasteiger partial charge in [0, 0.05) is 25.3 Å². The highest BCUT2D eigenvalue weighted by Crippen LogP contribution is 2.15. The predicted octanol–water partition coefficient (Wildman–Crippen LogP) is -0.239. The van der Waals surface area contributed by atoms with Gasteiger partial charge < -0.3 is 16.0 Å². The lowest BCUT2D eigenvalue weighted by Gasteiger charge is -2.23. The number of carbonyl (C=O) groups excluding carboxylic acids is 2. The number of pyridine rings is 1. The Morgan fingerprint density at radius 3 is 3.00 bits per heavy atom. The molecule has 1 aromatic rings. The predicted molar refractivity (Wildman–Crippen MR) is 70.4 cm³/mol. The number of hydrogen-bond donors (Lipinski definition) is 2. The Kier molecular flexibility index (Phi) is 4.46. The summed E-state index contributed by atoms with van der Waals surface area (Å²) in [6.07, 6.45) is 3.46. The van der Waals surface area contributed by atoms with Gasteiger partial charge in [0.2, 0.25) is 5.91 Å². The van der Waals surface area contributed by atoms with Gasteiger partial charge in [0.1, 0.15) is 5.69 Å². The molecule has 102 valence electrons. The third-order valence-electron chi connectivity index (χ3n) is 3.27. The molecule has 2 amide bonds. The lowest BCUT2D eigenvalue weighted by Crippen LogP contribution is -2.45. The number of nitrogens with two attached hydrogens (primary N) is 1. The van der Waals surface area contributed by atoms with E-state index in [-0.39, 0.29) is 24.4 Å². The zero-order valence-corrected chi connectivity index (χ0v) is 10.7. The van der Waals surface area contributed by atoms with E-state index < -0.39 is 0 Å². The van der Waals surface area contributed by atoms with Crippen LogP contribution in [0.1, 0.15) is 23.3 Å². The quantitative estimate of drug-likeness (QED) is 0.784. The van der Waals surface area contributed by atoms with Crippen molar-refractivity contribution in [2.45, 2.75) is 18.9 Å². The van der Waals surface area contributed by atoms with Crippen LogP contribution in [0.2, 0.25) is 0 Å². The molecule has 0 aromatic carbocycles. The van der Waals surface area contributed by atoms with Crippen LogP contribution in [0.3, 0.4) is 0 Å². The summed E-state index contributed by atoms with van der Waals surface area (Å²) in [6.45, 7) is 1.19. The fourth-order valence-electron chi connectivity index (χ4n) is 2.25. The van der Waals surface area contributed by atoms with Gasteiger partial charge in [-0.3, -0.25) is 14.6 Å². The molecule has 0 bridgehead atoms. The van der Waals surface area contributed by atoms with Crippen LogP contribution in [0.15, 0.2) is 24.4 Å². The van der Waals surface area contributed by atoms with Gasteiger partial charge in [0.15, 0.2) is 0 Å². The molecule has 0 aliphatic carbocycles. The topological polar surface area (TPSA) is 88.3 Å². The first-order valence-corrected chi connectivity index (χ1v) is 6.41. The zero-order chi connectivity index (χ0) is 13.7. The highest BCUT2D eigenvalue weighted by molar-refractivity contribution is 5.94. The van der Waals surface area contributed by atoms with Crippen LogP contribution in [0.25, 0.3) is 0 Å². The molecule has 1 atom stereocenters. The smallest absolute Gasteiger partial charge is 0.270 e. The third-order valence-corrected chi connectivity index (χ3v) is 3.27. The summed E-state index contributed by atoms with van der Waals surface area (Å²) >= 11 is 0. The summed E-state index contributed by atoms with van der Waals surface area (Å²) < 4.78 is 0. The van der Waals surface area contributed by atoms with Crippen LogP contribution in [0.5, 0.6) is 0 Å². The van der Waals surface area contributed by atoms with E-state index in [1.165, 1.54) is 0 Å². The molecule has 2 rings (SSSR count). The molecule has 19 heavy (non-hydrogen) atoms. The molecule has 0 radical (unpaired) electrons. The maximum atomic E-state index is 12.0. The van der Waals surface area contributed by atoms with Crippen LogP contribution < -0.4 is 11.1 Å². The molecule has 3 N–H and O–H groups in total. The van der Waals surface area contributed by atoms with Crippen molar-refractivity contribution in [3.63, 3.8) is 0 Å². The average Bonchev–Trinajstić information content (AvgIpc) is 2.93. The third kappa shape index (κ3) is 3.29. The van der Waals surface area contributed by atoms with Crippen molar-refractivity contribution in [2.24, 2.45) is 5.73 Å². The molecule has 6 heteroatoms. The molecule has 1 saturated heterocycles. The Labute approximate surface area is 112 Å². The number of hydrogen-bond acceptors (Lipinski definition) is 4. The van der Waals surface area contributed by atoms with E-state index in [0.29, 0.717) is 12.2 Å². The second-order valence-corrected chi connectivity index (χ2v) is 4.52. The number of amides is 2. The van der Waals surface area contributed by atoms with Crippen molar-refractivity contribution < 1.29 is 9.59 Å². The zero-order valence-electron chi connectivity index (χ0n) is 10.7. The number of carbonyl (C=O) groups is 2.